The summed E-state index contributed by atoms with van der Waals surface area (Å²) in [4.78, 5) is 41.7. The van der Waals surface area contributed by atoms with Crippen LogP contribution >= 0.6 is 11.8 Å². The van der Waals surface area contributed by atoms with Crippen LogP contribution in [0, 0.1) is 5.92 Å². The van der Waals surface area contributed by atoms with Crippen molar-refractivity contribution in [2.24, 2.45) is 5.92 Å². The highest BCUT2D eigenvalue weighted by Gasteiger charge is 2.57. The number of fused-ring (bicyclic) bond motifs is 3. The lowest BCUT2D eigenvalue weighted by Gasteiger charge is -2.33. The van der Waals surface area contributed by atoms with Gasteiger partial charge in [0.2, 0.25) is 11.8 Å². The highest BCUT2D eigenvalue weighted by molar-refractivity contribution is 8.01. The Balaban J connectivity index is 1.53. The van der Waals surface area contributed by atoms with Crippen LogP contribution in [0.5, 0.6) is 0 Å². The molecule has 4 atom stereocenters. The van der Waals surface area contributed by atoms with Gasteiger partial charge in [-0.3, -0.25) is 14.4 Å². The number of rotatable bonds is 6. The molecule has 0 radical (unpaired) electrons. The summed E-state index contributed by atoms with van der Waals surface area (Å²) in [5, 5.41) is 6.07. The van der Waals surface area contributed by atoms with E-state index in [0.29, 0.717) is 5.56 Å². The van der Waals surface area contributed by atoms with Gasteiger partial charge in [0, 0.05) is 16.4 Å². The largest absolute Gasteiger partial charge is 0.352 e. The third-order valence-corrected chi connectivity index (χ3v) is 8.82. The molecule has 2 heterocycles. The zero-order chi connectivity index (χ0) is 23.0. The molecule has 1 aliphatic carbocycles. The van der Waals surface area contributed by atoms with Gasteiger partial charge in [-0.25, -0.2) is 0 Å². The molecule has 1 aromatic carbocycles. The standard InChI is InChI=1S/C25H35N3O3S/c1-5-15(2)19(21(29)26-16-11-7-6-8-12-16)27-22(30)20-25(3,4)32-24-18-14-10-9-13-17(18)23(31)28(20)24/h9-10,13-16,19-20,24H,5-8,11-12H2,1-4H3,(H,26,29)(H,27,30)/t15-,19-,20+,24+/m0/s1. The Bertz CT molecular complexity index is 896. The Labute approximate surface area is 195 Å². The molecule has 174 valence electrons. The molecular weight excluding hydrogens is 422 g/mol. The van der Waals surface area contributed by atoms with Gasteiger partial charge in [-0.15, -0.1) is 11.8 Å². The van der Waals surface area contributed by atoms with Crippen molar-refractivity contribution in [3.05, 3.63) is 35.4 Å². The van der Waals surface area contributed by atoms with Crippen molar-refractivity contribution in [1.29, 1.82) is 0 Å². The first-order valence-electron chi connectivity index (χ1n) is 11.9. The van der Waals surface area contributed by atoms with Gasteiger partial charge < -0.3 is 15.5 Å². The van der Waals surface area contributed by atoms with Crippen LogP contribution in [0.15, 0.2) is 24.3 Å². The molecule has 0 spiro atoms. The second kappa shape index (κ2) is 9.08. The van der Waals surface area contributed by atoms with Crippen LogP contribution in [0.1, 0.15) is 87.5 Å². The highest BCUT2D eigenvalue weighted by Crippen LogP contribution is 2.56. The molecule has 1 saturated heterocycles. The van der Waals surface area contributed by atoms with Crippen molar-refractivity contribution in [2.75, 3.05) is 0 Å². The first-order chi connectivity index (χ1) is 15.2. The second-order valence-corrected chi connectivity index (χ2v) is 11.7. The van der Waals surface area contributed by atoms with E-state index in [1.807, 2.05) is 52.0 Å². The van der Waals surface area contributed by atoms with Gasteiger partial charge in [0.05, 0.1) is 0 Å². The molecule has 2 aliphatic heterocycles. The van der Waals surface area contributed by atoms with E-state index in [1.165, 1.54) is 6.42 Å². The van der Waals surface area contributed by atoms with Crippen molar-refractivity contribution >= 4 is 29.5 Å². The number of carbonyl (C=O) groups excluding carboxylic acids is 3. The maximum Gasteiger partial charge on any atom is 0.256 e. The van der Waals surface area contributed by atoms with Gasteiger partial charge >= 0.3 is 0 Å². The SMILES string of the molecule is CC[C@H](C)[C@H](NC(=O)[C@H]1N2C(=O)c3ccccc3[C@H]2SC1(C)C)C(=O)NC1CCCCC1. The van der Waals surface area contributed by atoms with E-state index in [1.54, 1.807) is 16.7 Å². The lowest BCUT2D eigenvalue weighted by atomic mass is 9.93. The summed E-state index contributed by atoms with van der Waals surface area (Å²) in [6.45, 7) is 8.05. The maximum absolute atomic E-state index is 13.6. The van der Waals surface area contributed by atoms with Crippen molar-refractivity contribution in [1.82, 2.24) is 15.5 Å². The minimum absolute atomic E-state index is 0.00184. The fraction of sp³-hybridized carbons (Fsp3) is 0.640. The zero-order valence-corrected chi connectivity index (χ0v) is 20.3. The van der Waals surface area contributed by atoms with Crippen molar-refractivity contribution in [3.8, 4) is 0 Å². The second-order valence-electron chi connectivity index (χ2n) is 9.99. The number of nitrogens with zero attached hydrogens (tertiary/aromatic N) is 1. The van der Waals surface area contributed by atoms with E-state index in [-0.39, 0.29) is 35.1 Å². The van der Waals surface area contributed by atoms with Crippen molar-refractivity contribution < 1.29 is 14.4 Å². The number of nitrogens with one attached hydrogen (secondary N) is 2. The summed E-state index contributed by atoms with van der Waals surface area (Å²) < 4.78 is -0.461. The number of hydrogen-bond donors (Lipinski definition) is 2. The molecule has 1 saturated carbocycles. The first kappa shape index (κ1) is 23.1. The molecule has 2 N–H and O–H groups in total. The first-order valence-corrected chi connectivity index (χ1v) is 12.8. The van der Waals surface area contributed by atoms with E-state index < -0.39 is 16.8 Å². The third kappa shape index (κ3) is 4.16. The Morgan fingerprint density at radius 1 is 1.19 bits per heavy atom. The van der Waals surface area contributed by atoms with Gasteiger partial charge in [0.1, 0.15) is 17.5 Å². The molecular formula is C25H35N3O3S. The molecule has 4 rings (SSSR count). The fourth-order valence-electron chi connectivity index (χ4n) is 5.28. The van der Waals surface area contributed by atoms with Crippen LogP contribution < -0.4 is 10.6 Å². The van der Waals surface area contributed by atoms with E-state index in [0.717, 1.165) is 37.7 Å². The number of thioether (sulfide) groups is 1. The number of carbonyl (C=O) groups is 3. The monoisotopic (exact) mass is 457 g/mol. The lowest BCUT2D eigenvalue weighted by molar-refractivity contribution is -0.133. The van der Waals surface area contributed by atoms with Gasteiger partial charge in [-0.05, 0) is 44.2 Å². The van der Waals surface area contributed by atoms with Gasteiger partial charge in [-0.2, -0.15) is 0 Å². The summed E-state index contributed by atoms with van der Waals surface area (Å²) in [6.07, 6.45) is 6.28. The number of amides is 3. The molecule has 3 amide bonds. The van der Waals surface area contributed by atoms with E-state index in [9.17, 15) is 14.4 Å². The Kier molecular flexibility index (Phi) is 6.57. The van der Waals surface area contributed by atoms with Crippen LogP contribution in [0.3, 0.4) is 0 Å². The summed E-state index contributed by atoms with van der Waals surface area (Å²) in [5.74, 6) is -0.441. The number of hydrogen-bond acceptors (Lipinski definition) is 4. The average Bonchev–Trinajstić information content (AvgIpc) is 3.21. The predicted octanol–water partition coefficient (Wildman–Crippen LogP) is 4.01. The van der Waals surface area contributed by atoms with E-state index in [4.69, 9.17) is 0 Å². The van der Waals surface area contributed by atoms with Gasteiger partial charge in [0.25, 0.3) is 5.91 Å². The fourth-order valence-corrected chi connectivity index (χ4v) is 6.87. The Morgan fingerprint density at radius 3 is 2.56 bits per heavy atom. The van der Waals surface area contributed by atoms with Gasteiger partial charge in [-0.1, -0.05) is 57.7 Å². The van der Waals surface area contributed by atoms with Crippen LogP contribution in [-0.2, 0) is 9.59 Å². The van der Waals surface area contributed by atoms with Crippen LogP contribution in [0.25, 0.3) is 0 Å². The topological polar surface area (TPSA) is 78.5 Å². The number of benzene rings is 1. The normalized spacial score (nSPS) is 26.2. The molecule has 7 heteroatoms. The van der Waals surface area contributed by atoms with Gasteiger partial charge in [0.15, 0.2) is 0 Å². The molecule has 0 bridgehead atoms. The van der Waals surface area contributed by atoms with E-state index in [2.05, 4.69) is 10.6 Å². The Morgan fingerprint density at radius 2 is 1.88 bits per heavy atom. The Hall–Kier alpha value is -2.02. The summed E-state index contributed by atoms with van der Waals surface area (Å²) in [7, 11) is 0. The maximum atomic E-state index is 13.6. The summed E-state index contributed by atoms with van der Waals surface area (Å²) in [6, 6.07) is 6.56. The highest BCUT2D eigenvalue weighted by atomic mass is 32.2. The predicted molar refractivity (Wildman–Crippen MR) is 127 cm³/mol. The molecule has 6 nitrogen and oxygen atoms in total. The van der Waals surface area contributed by atoms with Crippen molar-refractivity contribution in [3.63, 3.8) is 0 Å². The van der Waals surface area contributed by atoms with Crippen LogP contribution in [0.2, 0.25) is 0 Å². The smallest absolute Gasteiger partial charge is 0.256 e. The lowest BCUT2D eigenvalue weighted by Crippen LogP contribution is -2.59. The van der Waals surface area contributed by atoms with Crippen LogP contribution in [0.4, 0.5) is 0 Å². The molecule has 3 aliphatic rings. The molecule has 2 fully saturated rings. The average molecular weight is 458 g/mol. The van der Waals surface area contributed by atoms with Crippen LogP contribution in [-0.4, -0.2) is 45.5 Å². The molecule has 0 aromatic heterocycles. The third-order valence-electron chi connectivity index (χ3n) is 7.29. The zero-order valence-electron chi connectivity index (χ0n) is 19.5. The minimum atomic E-state index is -0.633. The minimum Gasteiger partial charge on any atom is -0.352 e. The van der Waals surface area contributed by atoms with Crippen molar-refractivity contribution in [2.45, 2.75) is 94.5 Å². The van der Waals surface area contributed by atoms with E-state index >= 15 is 0 Å². The molecule has 32 heavy (non-hydrogen) atoms. The molecule has 0 unspecified atom stereocenters. The summed E-state index contributed by atoms with van der Waals surface area (Å²) >= 11 is 1.64. The quantitative estimate of drug-likeness (QED) is 0.676. The summed E-state index contributed by atoms with van der Waals surface area (Å²) in [5.41, 5.74) is 1.64. The molecule has 1 aromatic rings.